The number of nitrogens with zero attached hydrogens (tertiary/aromatic N) is 3. The Morgan fingerprint density at radius 2 is 1.86 bits per heavy atom. The number of aryl methyl sites for hydroxylation is 3. The highest BCUT2D eigenvalue weighted by molar-refractivity contribution is 5.92. The summed E-state index contributed by atoms with van der Waals surface area (Å²) < 4.78 is 1.57. The topological polar surface area (TPSA) is 70.3 Å². The highest BCUT2D eigenvalue weighted by Gasteiger charge is 2.14. The zero-order chi connectivity index (χ0) is 15.9. The Hall–Kier alpha value is -2.69. The largest absolute Gasteiger partial charge is 0.545 e. The standard InChI is InChI=1S/C17H17N3O2/c1-10-4-6-13(7-5-10)8-14-11(2)19-16-15(17(21)22)9-18-20(16)12(14)3/h4-7,9H,8H2,1-3H3,(H,21,22)/p-1. The van der Waals surface area contributed by atoms with Crippen LogP contribution in [-0.4, -0.2) is 20.6 Å². The molecule has 2 aromatic heterocycles. The maximum atomic E-state index is 11.1. The summed E-state index contributed by atoms with van der Waals surface area (Å²) in [7, 11) is 0. The second kappa shape index (κ2) is 5.26. The van der Waals surface area contributed by atoms with Gasteiger partial charge in [-0.25, -0.2) is 9.50 Å². The molecule has 1 aromatic carbocycles. The summed E-state index contributed by atoms with van der Waals surface area (Å²) in [4.78, 5) is 15.5. The van der Waals surface area contributed by atoms with E-state index >= 15 is 0 Å². The Kier molecular flexibility index (Phi) is 3.41. The van der Waals surface area contributed by atoms with Gasteiger partial charge < -0.3 is 9.90 Å². The van der Waals surface area contributed by atoms with Gasteiger partial charge >= 0.3 is 0 Å². The van der Waals surface area contributed by atoms with E-state index in [0.29, 0.717) is 5.65 Å². The molecule has 0 bridgehead atoms. The molecule has 0 aliphatic carbocycles. The first-order valence-corrected chi connectivity index (χ1v) is 7.08. The van der Waals surface area contributed by atoms with E-state index in [0.717, 1.165) is 23.4 Å². The van der Waals surface area contributed by atoms with Crippen molar-refractivity contribution >= 4 is 11.6 Å². The lowest BCUT2D eigenvalue weighted by molar-refractivity contribution is -0.254. The predicted molar refractivity (Wildman–Crippen MR) is 80.8 cm³/mol. The number of hydrogen-bond acceptors (Lipinski definition) is 4. The molecule has 3 aromatic rings. The van der Waals surface area contributed by atoms with Crippen LogP contribution in [0.15, 0.2) is 30.5 Å². The van der Waals surface area contributed by atoms with E-state index in [4.69, 9.17) is 0 Å². The quantitative estimate of drug-likeness (QED) is 0.736. The molecule has 3 rings (SSSR count). The minimum Gasteiger partial charge on any atom is -0.545 e. The van der Waals surface area contributed by atoms with E-state index in [1.54, 1.807) is 4.52 Å². The van der Waals surface area contributed by atoms with Gasteiger partial charge in [0, 0.05) is 17.8 Å². The Balaban J connectivity index is 2.10. The number of carbonyl (C=O) groups excluding carboxylic acids is 1. The number of benzene rings is 1. The van der Waals surface area contributed by atoms with Gasteiger partial charge in [0.1, 0.15) is 0 Å². The van der Waals surface area contributed by atoms with Crippen LogP contribution < -0.4 is 5.11 Å². The summed E-state index contributed by atoms with van der Waals surface area (Å²) in [5, 5.41) is 15.2. The van der Waals surface area contributed by atoms with Gasteiger partial charge in [0.15, 0.2) is 5.65 Å². The highest BCUT2D eigenvalue weighted by atomic mass is 16.4. The monoisotopic (exact) mass is 294 g/mol. The minimum atomic E-state index is -1.26. The Morgan fingerprint density at radius 3 is 2.50 bits per heavy atom. The smallest absolute Gasteiger partial charge is 0.164 e. The molecule has 0 spiro atoms. The molecular weight excluding hydrogens is 278 g/mol. The third kappa shape index (κ3) is 2.35. The SMILES string of the molecule is Cc1ccc(Cc2c(C)nc3c(C(=O)[O-])cnn3c2C)cc1. The van der Waals surface area contributed by atoms with Crippen molar-refractivity contribution in [1.82, 2.24) is 14.6 Å². The molecule has 0 atom stereocenters. The van der Waals surface area contributed by atoms with E-state index in [1.807, 2.05) is 13.8 Å². The number of hydrogen-bond donors (Lipinski definition) is 0. The van der Waals surface area contributed by atoms with Crippen LogP contribution in [-0.2, 0) is 6.42 Å². The van der Waals surface area contributed by atoms with E-state index in [9.17, 15) is 9.90 Å². The molecule has 2 heterocycles. The van der Waals surface area contributed by atoms with Gasteiger partial charge in [-0.1, -0.05) is 29.8 Å². The zero-order valence-corrected chi connectivity index (χ0v) is 12.8. The van der Waals surface area contributed by atoms with Crippen LogP contribution in [0, 0.1) is 20.8 Å². The number of carboxylic acids is 1. The van der Waals surface area contributed by atoms with Crippen molar-refractivity contribution in [2.45, 2.75) is 27.2 Å². The van der Waals surface area contributed by atoms with Crippen LogP contribution in [0.2, 0.25) is 0 Å². The predicted octanol–water partition coefficient (Wildman–Crippen LogP) is 1.61. The second-order valence-electron chi connectivity index (χ2n) is 5.50. The summed E-state index contributed by atoms with van der Waals surface area (Å²) in [6.45, 7) is 5.87. The molecule has 0 N–H and O–H groups in total. The zero-order valence-electron chi connectivity index (χ0n) is 12.8. The molecule has 0 amide bonds. The molecule has 0 radical (unpaired) electrons. The van der Waals surface area contributed by atoms with Crippen molar-refractivity contribution in [3.8, 4) is 0 Å². The number of aromatic nitrogens is 3. The van der Waals surface area contributed by atoms with Crippen LogP contribution >= 0.6 is 0 Å². The minimum absolute atomic E-state index is 0.0214. The van der Waals surface area contributed by atoms with Crippen LogP contribution in [0.3, 0.4) is 0 Å². The molecule has 5 heteroatoms. The molecule has 0 fully saturated rings. The number of carbonyl (C=O) groups is 1. The van der Waals surface area contributed by atoms with Crippen LogP contribution in [0.25, 0.3) is 5.65 Å². The summed E-state index contributed by atoms with van der Waals surface area (Å²) in [5.74, 6) is -1.26. The van der Waals surface area contributed by atoms with Gasteiger partial charge in [-0.05, 0) is 31.9 Å². The van der Waals surface area contributed by atoms with Crippen molar-refractivity contribution in [2.24, 2.45) is 0 Å². The van der Waals surface area contributed by atoms with Crippen molar-refractivity contribution in [2.75, 3.05) is 0 Å². The van der Waals surface area contributed by atoms with E-state index in [1.165, 1.54) is 17.3 Å². The third-order valence-electron chi connectivity index (χ3n) is 3.93. The van der Waals surface area contributed by atoms with Crippen LogP contribution in [0.4, 0.5) is 0 Å². The molecule has 22 heavy (non-hydrogen) atoms. The van der Waals surface area contributed by atoms with Gasteiger partial charge in [0.05, 0.1) is 17.7 Å². The highest BCUT2D eigenvalue weighted by Crippen LogP contribution is 2.20. The van der Waals surface area contributed by atoms with Gasteiger partial charge in [-0.2, -0.15) is 5.10 Å². The first kappa shape index (κ1) is 14.3. The molecule has 5 nitrogen and oxygen atoms in total. The molecule has 0 saturated carbocycles. The lowest BCUT2D eigenvalue weighted by Gasteiger charge is -2.12. The lowest BCUT2D eigenvalue weighted by atomic mass is 10.0. The normalized spacial score (nSPS) is 11.0. The number of fused-ring (bicyclic) bond motifs is 1. The third-order valence-corrected chi connectivity index (χ3v) is 3.93. The number of carboxylic acid groups (broad SMARTS) is 1. The lowest BCUT2D eigenvalue weighted by Crippen LogP contribution is -2.22. The molecule has 0 unspecified atom stereocenters. The van der Waals surface area contributed by atoms with Crippen molar-refractivity contribution in [1.29, 1.82) is 0 Å². The van der Waals surface area contributed by atoms with Crippen molar-refractivity contribution < 1.29 is 9.90 Å². The maximum Gasteiger partial charge on any atom is 0.164 e. The Bertz CT molecular complexity index is 864. The fourth-order valence-electron chi connectivity index (χ4n) is 2.62. The summed E-state index contributed by atoms with van der Waals surface area (Å²) in [6.07, 6.45) is 2.03. The van der Waals surface area contributed by atoms with Gasteiger partial charge in [0.2, 0.25) is 0 Å². The molecule has 0 saturated heterocycles. The fraction of sp³-hybridized carbons (Fsp3) is 0.235. The summed E-state index contributed by atoms with van der Waals surface area (Å²) in [5.41, 5.74) is 5.53. The van der Waals surface area contributed by atoms with E-state index in [-0.39, 0.29) is 5.56 Å². The van der Waals surface area contributed by atoms with Crippen molar-refractivity contribution in [3.63, 3.8) is 0 Å². The van der Waals surface area contributed by atoms with Crippen LogP contribution in [0.5, 0.6) is 0 Å². The average Bonchev–Trinajstić information content (AvgIpc) is 2.89. The average molecular weight is 294 g/mol. The summed E-state index contributed by atoms with van der Waals surface area (Å²) >= 11 is 0. The maximum absolute atomic E-state index is 11.1. The van der Waals surface area contributed by atoms with Gasteiger partial charge in [-0.3, -0.25) is 0 Å². The molecule has 0 aliphatic rings. The Labute approximate surface area is 128 Å². The molecule has 112 valence electrons. The molecular formula is C17H16N3O2-. The van der Waals surface area contributed by atoms with Crippen LogP contribution in [0.1, 0.15) is 38.4 Å². The first-order valence-electron chi connectivity index (χ1n) is 7.08. The van der Waals surface area contributed by atoms with Gasteiger partial charge in [0.25, 0.3) is 0 Å². The molecule has 0 aliphatic heterocycles. The fourth-order valence-corrected chi connectivity index (χ4v) is 2.62. The number of aromatic carboxylic acids is 1. The van der Waals surface area contributed by atoms with Gasteiger partial charge in [-0.15, -0.1) is 0 Å². The summed E-state index contributed by atoms with van der Waals surface area (Å²) in [6, 6.07) is 8.34. The first-order chi connectivity index (χ1) is 10.5. The second-order valence-corrected chi connectivity index (χ2v) is 5.50. The van der Waals surface area contributed by atoms with E-state index in [2.05, 4.69) is 41.3 Å². The Morgan fingerprint density at radius 1 is 1.18 bits per heavy atom. The van der Waals surface area contributed by atoms with E-state index < -0.39 is 5.97 Å². The number of rotatable bonds is 3. The van der Waals surface area contributed by atoms with Crippen molar-refractivity contribution in [3.05, 3.63) is 64.1 Å².